The molecule has 0 aliphatic carbocycles. The van der Waals surface area contributed by atoms with Gasteiger partial charge in [-0.15, -0.1) is 0 Å². The van der Waals surface area contributed by atoms with Crippen LogP contribution in [0, 0.1) is 0 Å². The van der Waals surface area contributed by atoms with Crippen molar-refractivity contribution in [1.29, 1.82) is 0 Å². The first-order valence-corrected chi connectivity index (χ1v) is 5.43. The van der Waals surface area contributed by atoms with Crippen molar-refractivity contribution >= 4 is 0 Å². The van der Waals surface area contributed by atoms with E-state index < -0.39 is 12.2 Å². The summed E-state index contributed by atoms with van der Waals surface area (Å²) in [6.45, 7) is 2.16. The minimum Gasteiger partial charge on any atom is -0.497 e. The highest BCUT2D eigenvalue weighted by atomic mass is 19.4. The smallest absolute Gasteiger partial charge is 0.407 e. The second kappa shape index (κ2) is 5.91. The molecule has 1 unspecified atom stereocenters. The van der Waals surface area contributed by atoms with E-state index in [0.29, 0.717) is 18.7 Å². The van der Waals surface area contributed by atoms with Crippen LogP contribution in [0.3, 0.4) is 0 Å². The summed E-state index contributed by atoms with van der Waals surface area (Å²) in [6, 6.07) is 4.30. The second-order valence-electron chi connectivity index (χ2n) is 3.70. The number of hydrogen-bond donors (Lipinski definition) is 1. The van der Waals surface area contributed by atoms with Crippen LogP contribution in [0.1, 0.15) is 24.9 Å². The summed E-state index contributed by atoms with van der Waals surface area (Å²) < 4.78 is 43.4. The Kier molecular flexibility index (Phi) is 4.81. The van der Waals surface area contributed by atoms with E-state index in [1.54, 1.807) is 0 Å². The van der Waals surface area contributed by atoms with Crippen molar-refractivity contribution in [1.82, 2.24) is 5.32 Å². The first kappa shape index (κ1) is 13.8. The van der Waals surface area contributed by atoms with Crippen LogP contribution in [-0.4, -0.2) is 19.8 Å². The minimum atomic E-state index is -4.29. The van der Waals surface area contributed by atoms with Crippen LogP contribution in [0.25, 0.3) is 0 Å². The molecule has 1 aromatic rings. The van der Waals surface area contributed by atoms with Gasteiger partial charge in [-0.1, -0.05) is 19.1 Å². The molecule has 5 heteroatoms. The first-order valence-electron chi connectivity index (χ1n) is 5.43. The van der Waals surface area contributed by atoms with Crippen LogP contribution in [0.4, 0.5) is 13.2 Å². The maximum atomic E-state index is 12.8. The fourth-order valence-electron chi connectivity index (χ4n) is 1.51. The van der Waals surface area contributed by atoms with E-state index in [4.69, 9.17) is 4.74 Å². The zero-order valence-corrected chi connectivity index (χ0v) is 9.84. The lowest BCUT2D eigenvalue weighted by molar-refractivity contribution is -0.157. The molecule has 0 saturated carbocycles. The highest BCUT2D eigenvalue weighted by Gasteiger charge is 2.40. The number of hydrogen-bond acceptors (Lipinski definition) is 2. The molecule has 0 aliphatic heterocycles. The molecule has 1 atom stereocenters. The summed E-state index contributed by atoms with van der Waals surface area (Å²) in [6.07, 6.45) is -3.63. The summed E-state index contributed by atoms with van der Waals surface area (Å²) in [5, 5.41) is 2.50. The van der Waals surface area contributed by atoms with Gasteiger partial charge in [-0.2, -0.15) is 13.2 Å². The van der Waals surface area contributed by atoms with Crippen molar-refractivity contribution in [2.24, 2.45) is 0 Å². The Morgan fingerprint density at radius 3 is 2.24 bits per heavy atom. The van der Waals surface area contributed by atoms with Gasteiger partial charge in [-0.25, -0.2) is 0 Å². The minimum absolute atomic E-state index is 0.201. The van der Waals surface area contributed by atoms with Gasteiger partial charge in [-0.3, -0.25) is 0 Å². The van der Waals surface area contributed by atoms with Crippen molar-refractivity contribution in [3.05, 3.63) is 29.8 Å². The van der Waals surface area contributed by atoms with Gasteiger partial charge in [0.2, 0.25) is 0 Å². The molecule has 0 amide bonds. The van der Waals surface area contributed by atoms with Gasteiger partial charge >= 0.3 is 6.18 Å². The van der Waals surface area contributed by atoms with Gasteiger partial charge in [0.05, 0.1) is 7.11 Å². The average Bonchev–Trinajstić information content (AvgIpc) is 2.29. The number of halogens is 3. The number of nitrogens with one attached hydrogen (secondary N) is 1. The van der Waals surface area contributed by atoms with Crippen LogP contribution in [0.15, 0.2) is 24.3 Å². The maximum Gasteiger partial charge on any atom is 0.407 e. The molecule has 0 spiro atoms. The van der Waals surface area contributed by atoms with Crippen LogP contribution >= 0.6 is 0 Å². The molecule has 17 heavy (non-hydrogen) atoms. The Hall–Kier alpha value is -1.23. The van der Waals surface area contributed by atoms with Crippen LogP contribution < -0.4 is 10.1 Å². The molecule has 1 N–H and O–H groups in total. The fourth-order valence-corrected chi connectivity index (χ4v) is 1.51. The Balaban J connectivity index is 2.88. The van der Waals surface area contributed by atoms with Crippen LogP contribution in [-0.2, 0) is 0 Å². The number of benzene rings is 1. The van der Waals surface area contributed by atoms with Crippen LogP contribution in [0.2, 0.25) is 0 Å². The standard InChI is InChI=1S/C12H16F3NO/c1-3-8-16-11(12(13,14)15)9-4-6-10(17-2)7-5-9/h4-7,11,16H,3,8H2,1-2H3. The molecule has 2 nitrogen and oxygen atoms in total. The van der Waals surface area contributed by atoms with Crippen LogP contribution in [0.5, 0.6) is 5.75 Å². The van der Waals surface area contributed by atoms with E-state index in [-0.39, 0.29) is 5.56 Å². The third kappa shape index (κ3) is 3.93. The molecule has 0 fully saturated rings. The molecule has 1 rings (SSSR count). The van der Waals surface area contributed by atoms with Crippen molar-refractivity contribution in [3.63, 3.8) is 0 Å². The highest BCUT2D eigenvalue weighted by Crippen LogP contribution is 2.33. The lowest BCUT2D eigenvalue weighted by Crippen LogP contribution is -2.34. The van der Waals surface area contributed by atoms with Crippen molar-refractivity contribution < 1.29 is 17.9 Å². The third-order valence-electron chi connectivity index (χ3n) is 2.37. The summed E-state index contributed by atoms with van der Waals surface area (Å²) in [5.41, 5.74) is 0.201. The van der Waals surface area contributed by atoms with Gasteiger partial charge in [0, 0.05) is 0 Å². The van der Waals surface area contributed by atoms with Crippen molar-refractivity contribution in [2.45, 2.75) is 25.6 Å². The van der Waals surface area contributed by atoms with Gasteiger partial charge in [0.1, 0.15) is 11.8 Å². The summed E-state index contributed by atoms with van der Waals surface area (Å²) in [5.74, 6) is 0.546. The number of ether oxygens (including phenoxy) is 1. The highest BCUT2D eigenvalue weighted by molar-refractivity contribution is 5.29. The van der Waals surface area contributed by atoms with E-state index in [1.807, 2.05) is 6.92 Å². The normalized spacial score (nSPS) is 13.5. The topological polar surface area (TPSA) is 21.3 Å². The summed E-state index contributed by atoms with van der Waals surface area (Å²) in [4.78, 5) is 0. The maximum absolute atomic E-state index is 12.8. The van der Waals surface area contributed by atoms with E-state index in [0.717, 1.165) is 0 Å². The SMILES string of the molecule is CCCNC(c1ccc(OC)cc1)C(F)(F)F. The summed E-state index contributed by atoms with van der Waals surface area (Å²) in [7, 11) is 1.48. The van der Waals surface area contributed by atoms with Gasteiger partial charge < -0.3 is 10.1 Å². The van der Waals surface area contributed by atoms with E-state index in [2.05, 4.69) is 5.32 Å². The first-order chi connectivity index (χ1) is 7.99. The van der Waals surface area contributed by atoms with E-state index in [9.17, 15) is 13.2 Å². The average molecular weight is 247 g/mol. The number of alkyl halides is 3. The molecule has 0 bridgehead atoms. The van der Waals surface area contributed by atoms with Crippen molar-refractivity contribution in [2.75, 3.05) is 13.7 Å². The number of rotatable bonds is 5. The second-order valence-corrected chi connectivity index (χ2v) is 3.70. The molecule has 96 valence electrons. The zero-order chi connectivity index (χ0) is 12.9. The molecular formula is C12H16F3NO. The lowest BCUT2D eigenvalue weighted by atomic mass is 10.1. The third-order valence-corrected chi connectivity index (χ3v) is 2.37. The fraction of sp³-hybridized carbons (Fsp3) is 0.500. The summed E-state index contributed by atoms with van der Waals surface area (Å²) >= 11 is 0. The predicted octanol–water partition coefficient (Wildman–Crippen LogP) is 3.30. The molecule has 0 aliphatic rings. The quantitative estimate of drug-likeness (QED) is 0.862. The Labute approximate surface area is 98.8 Å². The predicted molar refractivity (Wildman–Crippen MR) is 60.1 cm³/mol. The van der Waals surface area contributed by atoms with E-state index >= 15 is 0 Å². The van der Waals surface area contributed by atoms with Gasteiger partial charge in [-0.05, 0) is 30.7 Å². The molecular weight excluding hydrogens is 231 g/mol. The van der Waals surface area contributed by atoms with Crippen molar-refractivity contribution in [3.8, 4) is 5.75 Å². The molecule has 0 heterocycles. The monoisotopic (exact) mass is 247 g/mol. The Bertz CT molecular complexity index is 335. The van der Waals surface area contributed by atoms with E-state index in [1.165, 1.54) is 31.4 Å². The lowest BCUT2D eigenvalue weighted by Gasteiger charge is -2.22. The molecule has 0 radical (unpaired) electrons. The molecule has 1 aromatic carbocycles. The largest absolute Gasteiger partial charge is 0.497 e. The van der Waals surface area contributed by atoms with Gasteiger partial charge in [0.15, 0.2) is 0 Å². The molecule has 0 saturated heterocycles. The van der Waals surface area contributed by atoms with Gasteiger partial charge in [0.25, 0.3) is 0 Å². The Morgan fingerprint density at radius 2 is 1.82 bits per heavy atom. The molecule has 0 aromatic heterocycles. The number of methoxy groups -OCH3 is 1. The Morgan fingerprint density at radius 1 is 1.24 bits per heavy atom. The zero-order valence-electron chi connectivity index (χ0n) is 9.84.